The van der Waals surface area contributed by atoms with Crippen LogP contribution >= 0.6 is 0 Å². The molecule has 0 bridgehead atoms. The summed E-state index contributed by atoms with van der Waals surface area (Å²) < 4.78 is 36.3. The average Bonchev–Trinajstić information content (AvgIpc) is 2.23. The Balaban J connectivity index is 4.08. The Morgan fingerprint density at radius 1 is 1.00 bits per heavy atom. The number of halogens is 3. The Labute approximate surface area is 103 Å². The fourth-order valence-electron chi connectivity index (χ4n) is 2.43. The van der Waals surface area contributed by atoms with E-state index in [9.17, 15) is 13.2 Å². The second-order valence-corrected chi connectivity index (χ2v) is 4.74. The summed E-state index contributed by atoms with van der Waals surface area (Å²) in [7, 11) is 1.86. The highest BCUT2D eigenvalue weighted by Crippen LogP contribution is 2.26. The average molecular weight is 253 g/mol. The topological polar surface area (TPSA) is 12.0 Å². The third-order valence-electron chi connectivity index (χ3n) is 3.23. The van der Waals surface area contributed by atoms with Gasteiger partial charge in [0.2, 0.25) is 0 Å². The number of alkyl halides is 3. The zero-order valence-electron chi connectivity index (χ0n) is 11.2. The third-order valence-corrected chi connectivity index (χ3v) is 3.23. The quantitative estimate of drug-likeness (QED) is 0.637. The van der Waals surface area contributed by atoms with Gasteiger partial charge in [-0.2, -0.15) is 13.2 Å². The van der Waals surface area contributed by atoms with E-state index >= 15 is 0 Å². The van der Waals surface area contributed by atoms with Crippen molar-refractivity contribution in [1.82, 2.24) is 5.32 Å². The minimum absolute atomic E-state index is 0.234. The minimum Gasteiger partial charge on any atom is -0.317 e. The molecule has 0 aliphatic rings. The molecule has 17 heavy (non-hydrogen) atoms. The van der Waals surface area contributed by atoms with Gasteiger partial charge in [-0.25, -0.2) is 0 Å². The summed E-state index contributed by atoms with van der Waals surface area (Å²) in [5.41, 5.74) is 0. The summed E-state index contributed by atoms with van der Waals surface area (Å²) in [6.45, 7) is 4.26. The Hall–Kier alpha value is -0.250. The number of hydrogen-bond donors (Lipinski definition) is 1. The zero-order valence-corrected chi connectivity index (χ0v) is 11.2. The molecule has 0 fully saturated rings. The van der Waals surface area contributed by atoms with Crippen LogP contribution in [0, 0.1) is 5.92 Å². The van der Waals surface area contributed by atoms with Crippen molar-refractivity contribution in [1.29, 1.82) is 0 Å². The van der Waals surface area contributed by atoms with E-state index in [0.29, 0.717) is 12.3 Å². The summed E-state index contributed by atoms with van der Waals surface area (Å²) >= 11 is 0. The van der Waals surface area contributed by atoms with Gasteiger partial charge in [-0.15, -0.1) is 0 Å². The summed E-state index contributed by atoms with van der Waals surface area (Å²) in [5.74, 6) is 0.517. The van der Waals surface area contributed by atoms with E-state index in [-0.39, 0.29) is 12.5 Å². The van der Waals surface area contributed by atoms with Crippen LogP contribution in [-0.2, 0) is 0 Å². The largest absolute Gasteiger partial charge is 0.389 e. The highest BCUT2D eigenvalue weighted by Gasteiger charge is 2.27. The predicted molar refractivity (Wildman–Crippen MR) is 66.1 cm³/mol. The maximum Gasteiger partial charge on any atom is 0.389 e. The van der Waals surface area contributed by atoms with Gasteiger partial charge < -0.3 is 5.32 Å². The Bertz CT molecular complexity index is 174. The molecule has 1 N–H and O–H groups in total. The molecule has 1 atom stereocenters. The lowest BCUT2D eigenvalue weighted by Gasteiger charge is -2.26. The Morgan fingerprint density at radius 2 is 1.53 bits per heavy atom. The normalized spacial score (nSPS) is 14.3. The maximum absolute atomic E-state index is 12.1. The van der Waals surface area contributed by atoms with Gasteiger partial charge in [0.25, 0.3) is 0 Å². The first-order chi connectivity index (χ1) is 7.94. The fourth-order valence-corrected chi connectivity index (χ4v) is 2.43. The van der Waals surface area contributed by atoms with Crippen molar-refractivity contribution in [2.24, 2.45) is 5.92 Å². The molecule has 0 radical (unpaired) electrons. The van der Waals surface area contributed by atoms with Gasteiger partial charge in [0, 0.05) is 12.5 Å². The molecule has 0 saturated heterocycles. The molecule has 0 aromatic rings. The molecule has 0 aromatic heterocycles. The molecule has 0 aliphatic heterocycles. The third kappa shape index (κ3) is 8.47. The van der Waals surface area contributed by atoms with E-state index in [1.165, 1.54) is 0 Å². The van der Waals surface area contributed by atoms with Crippen LogP contribution in [0.4, 0.5) is 13.2 Å². The molecule has 1 unspecified atom stereocenters. The van der Waals surface area contributed by atoms with Crippen molar-refractivity contribution in [3.8, 4) is 0 Å². The first kappa shape index (κ1) is 16.8. The van der Waals surface area contributed by atoms with E-state index < -0.39 is 12.6 Å². The van der Waals surface area contributed by atoms with E-state index in [2.05, 4.69) is 19.2 Å². The Kier molecular flexibility index (Phi) is 8.66. The lowest BCUT2D eigenvalue weighted by molar-refractivity contribution is -0.136. The zero-order chi connectivity index (χ0) is 13.3. The molecular formula is C13H26F3N. The van der Waals surface area contributed by atoms with Crippen molar-refractivity contribution in [2.75, 3.05) is 7.05 Å². The summed E-state index contributed by atoms with van der Waals surface area (Å²) in [5, 5.41) is 3.19. The molecule has 0 spiro atoms. The number of rotatable bonds is 9. The van der Waals surface area contributed by atoms with E-state index in [1.54, 1.807) is 0 Å². The maximum atomic E-state index is 12.1. The summed E-state index contributed by atoms with van der Waals surface area (Å²) in [6.07, 6.45) is 0.597. The summed E-state index contributed by atoms with van der Waals surface area (Å²) in [4.78, 5) is 0. The highest BCUT2D eigenvalue weighted by molar-refractivity contribution is 4.75. The lowest BCUT2D eigenvalue weighted by atomic mass is 9.87. The second kappa shape index (κ2) is 8.78. The van der Waals surface area contributed by atoms with Crippen LogP contribution in [-0.4, -0.2) is 19.3 Å². The monoisotopic (exact) mass is 253 g/mol. The van der Waals surface area contributed by atoms with Gasteiger partial charge in [-0.05, 0) is 38.6 Å². The highest BCUT2D eigenvalue weighted by atomic mass is 19.4. The first-order valence-corrected chi connectivity index (χ1v) is 6.68. The molecule has 0 rings (SSSR count). The molecule has 0 aromatic carbocycles. The van der Waals surface area contributed by atoms with Crippen LogP contribution in [0.2, 0.25) is 0 Å². The van der Waals surface area contributed by atoms with Crippen LogP contribution in [0.5, 0.6) is 0 Å². The molecule has 0 aliphatic carbocycles. The standard InChI is InChI=1S/C13H26F3N/c1-4-7-11(8-5-2)12(17-3)9-6-10-13(14,15)16/h11-12,17H,4-10H2,1-3H3. The van der Waals surface area contributed by atoms with Crippen molar-refractivity contribution >= 4 is 0 Å². The van der Waals surface area contributed by atoms with Gasteiger partial charge in [-0.3, -0.25) is 0 Å². The van der Waals surface area contributed by atoms with Crippen LogP contribution in [0.3, 0.4) is 0 Å². The SMILES string of the molecule is CCCC(CCC)C(CCCC(F)(F)F)NC. The molecule has 0 saturated carbocycles. The van der Waals surface area contributed by atoms with Gasteiger partial charge in [0.1, 0.15) is 0 Å². The lowest BCUT2D eigenvalue weighted by Crippen LogP contribution is -2.33. The number of nitrogens with one attached hydrogen (secondary N) is 1. The van der Waals surface area contributed by atoms with Gasteiger partial charge in [0.05, 0.1) is 0 Å². The van der Waals surface area contributed by atoms with E-state index in [0.717, 1.165) is 25.7 Å². The molecular weight excluding hydrogens is 227 g/mol. The van der Waals surface area contributed by atoms with Crippen LogP contribution in [0.15, 0.2) is 0 Å². The Morgan fingerprint density at radius 3 is 1.88 bits per heavy atom. The van der Waals surface area contributed by atoms with E-state index in [1.807, 2.05) is 7.05 Å². The first-order valence-electron chi connectivity index (χ1n) is 6.68. The summed E-state index contributed by atoms with van der Waals surface area (Å²) in [6, 6.07) is 0.234. The smallest absolute Gasteiger partial charge is 0.317 e. The van der Waals surface area contributed by atoms with Crippen molar-refractivity contribution in [3.63, 3.8) is 0 Å². The van der Waals surface area contributed by atoms with Gasteiger partial charge in [-0.1, -0.05) is 26.7 Å². The van der Waals surface area contributed by atoms with Crippen LogP contribution in [0.1, 0.15) is 58.8 Å². The molecule has 0 amide bonds. The predicted octanol–water partition coefficient (Wildman–Crippen LogP) is 4.52. The number of hydrogen-bond acceptors (Lipinski definition) is 1. The molecule has 1 nitrogen and oxygen atoms in total. The van der Waals surface area contributed by atoms with Crippen molar-refractivity contribution in [2.45, 2.75) is 71.0 Å². The van der Waals surface area contributed by atoms with Gasteiger partial charge in [0.15, 0.2) is 0 Å². The van der Waals surface area contributed by atoms with Crippen molar-refractivity contribution in [3.05, 3.63) is 0 Å². The minimum atomic E-state index is -4.01. The van der Waals surface area contributed by atoms with Crippen LogP contribution < -0.4 is 5.32 Å². The van der Waals surface area contributed by atoms with Crippen LogP contribution in [0.25, 0.3) is 0 Å². The van der Waals surface area contributed by atoms with Gasteiger partial charge >= 0.3 is 6.18 Å². The molecule has 4 heteroatoms. The second-order valence-electron chi connectivity index (χ2n) is 4.74. The molecule has 0 heterocycles. The fraction of sp³-hybridized carbons (Fsp3) is 1.00. The van der Waals surface area contributed by atoms with Crippen molar-refractivity contribution < 1.29 is 13.2 Å². The van der Waals surface area contributed by atoms with E-state index in [4.69, 9.17) is 0 Å². The molecule has 104 valence electrons.